The van der Waals surface area contributed by atoms with Crippen LogP contribution in [-0.2, 0) is 0 Å². The van der Waals surface area contributed by atoms with Gasteiger partial charge >= 0.3 is 0 Å². The first kappa shape index (κ1) is 9.51. The molecule has 0 aliphatic rings. The molecule has 1 rings (SSSR count). The van der Waals surface area contributed by atoms with E-state index in [0.717, 1.165) is 12.4 Å². The lowest BCUT2D eigenvalue weighted by Crippen LogP contribution is -2.03. The Labute approximate surface area is 77.9 Å². The summed E-state index contributed by atoms with van der Waals surface area (Å²) in [7, 11) is 0. The number of aromatic nitrogens is 2. The Morgan fingerprint density at radius 2 is 2.38 bits per heavy atom. The maximum absolute atomic E-state index is 5.41. The first-order valence-corrected chi connectivity index (χ1v) is 4.14. The van der Waals surface area contributed by atoms with Gasteiger partial charge in [-0.05, 0) is 19.9 Å². The van der Waals surface area contributed by atoms with Crippen LogP contribution in [0, 0.1) is 0 Å². The van der Waals surface area contributed by atoms with Crippen LogP contribution in [-0.4, -0.2) is 16.5 Å². The number of rotatable bonds is 3. The van der Waals surface area contributed by atoms with Crippen molar-refractivity contribution in [3.8, 4) is 0 Å². The molecule has 0 saturated carbocycles. The third kappa shape index (κ3) is 3.55. The minimum Gasteiger partial charge on any atom is -0.368 e. The largest absolute Gasteiger partial charge is 0.368 e. The predicted molar refractivity (Wildman–Crippen MR) is 54.4 cm³/mol. The van der Waals surface area contributed by atoms with Crippen molar-refractivity contribution in [2.24, 2.45) is 0 Å². The van der Waals surface area contributed by atoms with Gasteiger partial charge in [-0.2, -0.15) is 4.98 Å². The van der Waals surface area contributed by atoms with Crippen molar-refractivity contribution in [3.63, 3.8) is 0 Å². The monoisotopic (exact) mass is 178 g/mol. The molecule has 1 heterocycles. The summed E-state index contributed by atoms with van der Waals surface area (Å²) < 4.78 is 0. The van der Waals surface area contributed by atoms with Crippen LogP contribution in [0.5, 0.6) is 0 Å². The molecule has 0 amide bonds. The Bertz CT molecular complexity index is 302. The van der Waals surface area contributed by atoms with Gasteiger partial charge in [0.2, 0.25) is 5.95 Å². The summed E-state index contributed by atoms with van der Waals surface area (Å²) in [4.78, 5) is 7.79. The van der Waals surface area contributed by atoms with Gasteiger partial charge in [0.25, 0.3) is 0 Å². The quantitative estimate of drug-likeness (QED) is 0.687. The number of hydrogen-bond donors (Lipinski definition) is 2. The summed E-state index contributed by atoms with van der Waals surface area (Å²) in [6, 6.07) is 1.79. The summed E-state index contributed by atoms with van der Waals surface area (Å²) in [6.07, 6.45) is 3.71. The molecule has 70 valence electrons. The maximum atomic E-state index is 5.41. The van der Waals surface area contributed by atoms with E-state index < -0.39 is 0 Å². The number of nitrogens with two attached hydrogens (primary N) is 1. The molecule has 1 aromatic rings. The summed E-state index contributed by atoms with van der Waals surface area (Å²) in [5.41, 5.74) is 6.69. The maximum Gasteiger partial charge on any atom is 0.221 e. The zero-order valence-electron chi connectivity index (χ0n) is 7.91. The van der Waals surface area contributed by atoms with E-state index in [-0.39, 0.29) is 0 Å². The fourth-order valence-electron chi connectivity index (χ4n) is 0.832. The number of anilines is 2. The minimum atomic E-state index is 0.294. The molecule has 0 saturated heterocycles. The SMILES string of the molecule is CC(C)=CCNc1ccnc(N)n1. The van der Waals surface area contributed by atoms with Crippen LogP contribution in [0.15, 0.2) is 23.9 Å². The Balaban J connectivity index is 2.50. The Morgan fingerprint density at radius 1 is 1.62 bits per heavy atom. The summed E-state index contributed by atoms with van der Waals surface area (Å²) in [6.45, 7) is 4.87. The molecule has 0 aromatic carbocycles. The second kappa shape index (κ2) is 4.45. The van der Waals surface area contributed by atoms with Crippen molar-refractivity contribution in [2.45, 2.75) is 13.8 Å². The minimum absolute atomic E-state index is 0.294. The van der Waals surface area contributed by atoms with Crippen LogP contribution >= 0.6 is 0 Å². The Morgan fingerprint density at radius 3 is 3.00 bits per heavy atom. The molecule has 13 heavy (non-hydrogen) atoms. The van der Waals surface area contributed by atoms with Crippen molar-refractivity contribution in [1.29, 1.82) is 0 Å². The lowest BCUT2D eigenvalue weighted by Gasteiger charge is -2.02. The van der Waals surface area contributed by atoms with Crippen LogP contribution in [0.3, 0.4) is 0 Å². The van der Waals surface area contributed by atoms with E-state index >= 15 is 0 Å². The van der Waals surface area contributed by atoms with Crippen molar-refractivity contribution in [1.82, 2.24) is 9.97 Å². The summed E-state index contributed by atoms with van der Waals surface area (Å²) in [5, 5.41) is 3.11. The van der Waals surface area contributed by atoms with E-state index in [2.05, 4.69) is 35.2 Å². The van der Waals surface area contributed by atoms with E-state index in [4.69, 9.17) is 5.73 Å². The van der Waals surface area contributed by atoms with Crippen LogP contribution in [0.2, 0.25) is 0 Å². The Kier molecular flexibility index (Phi) is 3.25. The van der Waals surface area contributed by atoms with Crippen LogP contribution in [0.1, 0.15) is 13.8 Å². The van der Waals surface area contributed by atoms with Gasteiger partial charge in [0.05, 0.1) is 0 Å². The van der Waals surface area contributed by atoms with Crippen LogP contribution < -0.4 is 11.1 Å². The molecule has 1 aromatic heterocycles. The summed E-state index contributed by atoms with van der Waals surface area (Å²) in [5.74, 6) is 1.05. The molecule has 3 N–H and O–H groups in total. The lowest BCUT2D eigenvalue weighted by atomic mass is 10.3. The number of nitrogens with one attached hydrogen (secondary N) is 1. The van der Waals surface area contributed by atoms with Crippen LogP contribution in [0.4, 0.5) is 11.8 Å². The lowest BCUT2D eigenvalue weighted by molar-refractivity contribution is 1.15. The van der Waals surface area contributed by atoms with Crippen molar-refractivity contribution >= 4 is 11.8 Å². The highest BCUT2D eigenvalue weighted by Crippen LogP contribution is 2.02. The predicted octanol–water partition coefficient (Wildman–Crippen LogP) is 1.44. The standard InChI is InChI=1S/C9H14N4/c1-7(2)3-5-11-8-4-6-12-9(10)13-8/h3-4,6H,5H2,1-2H3,(H3,10,11,12,13). The van der Waals surface area contributed by atoms with E-state index in [9.17, 15) is 0 Å². The first-order chi connectivity index (χ1) is 6.18. The molecular formula is C9H14N4. The highest BCUT2D eigenvalue weighted by atomic mass is 15.1. The molecule has 4 heteroatoms. The fraction of sp³-hybridized carbons (Fsp3) is 0.333. The van der Waals surface area contributed by atoms with Crippen LogP contribution in [0.25, 0.3) is 0 Å². The van der Waals surface area contributed by atoms with E-state index in [1.54, 1.807) is 12.3 Å². The van der Waals surface area contributed by atoms with Gasteiger partial charge in [-0.25, -0.2) is 4.98 Å². The van der Waals surface area contributed by atoms with E-state index in [1.807, 2.05) is 0 Å². The van der Waals surface area contributed by atoms with Gasteiger partial charge in [-0.1, -0.05) is 11.6 Å². The van der Waals surface area contributed by atoms with Crippen molar-refractivity contribution in [2.75, 3.05) is 17.6 Å². The second-order valence-electron chi connectivity index (χ2n) is 2.96. The molecule has 0 bridgehead atoms. The van der Waals surface area contributed by atoms with Gasteiger partial charge in [0.15, 0.2) is 0 Å². The topological polar surface area (TPSA) is 63.8 Å². The molecule has 4 nitrogen and oxygen atoms in total. The van der Waals surface area contributed by atoms with Gasteiger partial charge in [-0.15, -0.1) is 0 Å². The molecule has 0 atom stereocenters. The third-order valence-corrected chi connectivity index (χ3v) is 1.47. The van der Waals surface area contributed by atoms with Crippen molar-refractivity contribution in [3.05, 3.63) is 23.9 Å². The zero-order valence-corrected chi connectivity index (χ0v) is 7.91. The average Bonchev–Trinajstić information content (AvgIpc) is 2.03. The number of nitrogens with zero attached hydrogens (tertiary/aromatic N) is 2. The number of hydrogen-bond acceptors (Lipinski definition) is 4. The number of allylic oxidation sites excluding steroid dienone is 1. The first-order valence-electron chi connectivity index (χ1n) is 4.14. The van der Waals surface area contributed by atoms with Gasteiger partial charge < -0.3 is 11.1 Å². The van der Waals surface area contributed by atoms with E-state index in [1.165, 1.54) is 5.57 Å². The second-order valence-corrected chi connectivity index (χ2v) is 2.96. The summed E-state index contributed by atoms with van der Waals surface area (Å²) >= 11 is 0. The van der Waals surface area contributed by atoms with Gasteiger partial charge in [0.1, 0.15) is 5.82 Å². The molecule has 0 aliphatic carbocycles. The smallest absolute Gasteiger partial charge is 0.221 e. The highest BCUT2D eigenvalue weighted by Gasteiger charge is 1.91. The molecular weight excluding hydrogens is 164 g/mol. The van der Waals surface area contributed by atoms with Crippen molar-refractivity contribution < 1.29 is 0 Å². The molecule has 0 aliphatic heterocycles. The Hall–Kier alpha value is -1.58. The average molecular weight is 178 g/mol. The fourth-order valence-corrected chi connectivity index (χ4v) is 0.832. The normalized spacial score (nSPS) is 9.38. The van der Waals surface area contributed by atoms with E-state index in [0.29, 0.717) is 5.95 Å². The van der Waals surface area contributed by atoms with Gasteiger partial charge in [-0.3, -0.25) is 0 Å². The molecule has 0 unspecified atom stereocenters. The van der Waals surface area contributed by atoms with Gasteiger partial charge in [0, 0.05) is 12.7 Å². The molecule has 0 spiro atoms. The molecule has 0 radical (unpaired) electrons. The zero-order chi connectivity index (χ0) is 9.68. The highest BCUT2D eigenvalue weighted by molar-refractivity contribution is 5.37. The third-order valence-electron chi connectivity index (χ3n) is 1.47. The number of nitrogen functional groups attached to an aromatic ring is 1. The molecule has 0 fully saturated rings.